The van der Waals surface area contributed by atoms with E-state index in [-0.39, 0.29) is 5.56 Å². The Morgan fingerprint density at radius 1 is 1.62 bits per heavy atom. The Hall–Kier alpha value is -1.58. The van der Waals surface area contributed by atoms with Crippen LogP contribution in [0.5, 0.6) is 0 Å². The molecule has 4 heteroatoms. The van der Waals surface area contributed by atoms with Crippen molar-refractivity contribution in [2.24, 2.45) is 0 Å². The molecule has 0 saturated carbocycles. The van der Waals surface area contributed by atoms with Gasteiger partial charge < -0.3 is 10.4 Å². The van der Waals surface area contributed by atoms with Crippen LogP contribution in [0, 0.1) is 5.82 Å². The summed E-state index contributed by atoms with van der Waals surface area (Å²) in [6.45, 7) is 2.44. The van der Waals surface area contributed by atoms with E-state index in [0.717, 1.165) is 6.07 Å². The molecule has 13 heavy (non-hydrogen) atoms. The van der Waals surface area contributed by atoms with E-state index in [0.29, 0.717) is 12.2 Å². The first kappa shape index (κ1) is 9.51. The zero-order chi connectivity index (χ0) is 9.84. The van der Waals surface area contributed by atoms with Crippen LogP contribution in [-0.2, 0) is 0 Å². The third kappa shape index (κ3) is 2.18. The lowest BCUT2D eigenvalue weighted by molar-refractivity contribution is 0.0696. The average molecular weight is 183 g/mol. The molecule has 0 unspecified atom stereocenters. The highest BCUT2D eigenvalue weighted by Gasteiger charge is 2.06. The normalized spacial score (nSPS) is 9.69. The third-order valence-corrected chi connectivity index (χ3v) is 1.58. The first-order valence-corrected chi connectivity index (χ1v) is 3.92. The van der Waals surface area contributed by atoms with Gasteiger partial charge in [0.1, 0.15) is 5.82 Å². The van der Waals surface area contributed by atoms with E-state index in [9.17, 15) is 9.18 Å². The lowest BCUT2D eigenvalue weighted by Crippen LogP contribution is -2.02. The molecule has 0 aromatic heterocycles. The van der Waals surface area contributed by atoms with Crippen molar-refractivity contribution >= 4 is 11.7 Å². The number of hydrogen-bond acceptors (Lipinski definition) is 2. The summed E-state index contributed by atoms with van der Waals surface area (Å²) < 4.78 is 13.1. The fourth-order valence-corrected chi connectivity index (χ4v) is 0.982. The fraction of sp³-hybridized carbons (Fsp3) is 0.222. The van der Waals surface area contributed by atoms with Crippen molar-refractivity contribution in [2.75, 3.05) is 11.9 Å². The maximum absolute atomic E-state index is 13.1. The molecule has 0 fully saturated rings. The van der Waals surface area contributed by atoms with Crippen LogP contribution >= 0.6 is 0 Å². The molecule has 0 aliphatic rings. The van der Waals surface area contributed by atoms with E-state index in [1.807, 2.05) is 6.92 Å². The van der Waals surface area contributed by atoms with Crippen LogP contribution in [-0.4, -0.2) is 17.6 Å². The van der Waals surface area contributed by atoms with Gasteiger partial charge in [-0.2, -0.15) is 0 Å². The highest BCUT2D eigenvalue weighted by atomic mass is 19.1. The second kappa shape index (κ2) is 3.89. The van der Waals surface area contributed by atoms with Crippen LogP contribution in [0.25, 0.3) is 0 Å². The van der Waals surface area contributed by atoms with Gasteiger partial charge in [0.25, 0.3) is 0 Å². The Kier molecular flexibility index (Phi) is 2.84. The molecule has 0 bridgehead atoms. The summed E-state index contributed by atoms with van der Waals surface area (Å²) in [6, 6.07) is 3.78. The molecule has 0 radical (unpaired) electrons. The van der Waals surface area contributed by atoms with Crippen molar-refractivity contribution in [3.63, 3.8) is 0 Å². The number of carboxylic acids is 1. The first-order valence-electron chi connectivity index (χ1n) is 3.92. The second-order valence-electron chi connectivity index (χ2n) is 2.53. The number of carboxylic acid groups (broad SMARTS) is 1. The quantitative estimate of drug-likeness (QED) is 0.753. The molecule has 0 amide bonds. The van der Waals surface area contributed by atoms with Crippen molar-refractivity contribution in [1.82, 2.24) is 0 Å². The predicted octanol–water partition coefficient (Wildman–Crippen LogP) is 1.96. The van der Waals surface area contributed by atoms with Crippen LogP contribution in [0.1, 0.15) is 17.3 Å². The summed E-state index contributed by atoms with van der Waals surface area (Å²) in [4.78, 5) is 10.4. The molecule has 0 saturated heterocycles. The first-order chi connectivity index (χ1) is 6.15. The van der Waals surface area contributed by atoms with E-state index in [4.69, 9.17) is 5.11 Å². The highest BCUT2D eigenvalue weighted by molar-refractivity contribution is 5.88. The molecule has 0 spiro atoms. The van der Waals surface area contributed by atoms with E-state index in [1.54, 1.807) is 0 Å². The van der Waals surface area contributed by atoms with Gasteiger partial charge in [0.2, 0.25) is 0 Å². The lowest BCUT2D eigenvalue weighted by Gasteiger charge is -2.04. The Morgan fingerprint density at radius 3 is 2.77 bits per heavy atom. The molecule has 70 valence electrons. The van der Waals surface area contributed by atoms with Crippen LogP contribution in [0.2, 0.25) is 0 Å². The van der Waals surface area contributed by atoms with E-state index in [1.165, 1.54) is 12.1 Å². The summed E-state index contributed by atoms with van der Waals surface area (Å²) >= 11 is 0. The molecule has 2 N–H and O–H groups in total. The molecule has 1 aromatic rings. The van der Waals surface area contributed by atoms with Crippen molar-refractivity contribution < 1.29 is 14.3 Å². The van der Waals surface area contributed by atoms with Crippen molar-refractivity contribution in [3.05, 3.63) is 29.6 Å². The topological polar surface area (TPSA) is 49.3 Å². The van der Waals surface area contributed by atoms with Gasteiger partial charge in [-0.3, -0.25) is 0 Å². The number of rotatable bonds is 3. The third-order valence-electron chi connectivity index (χ3n) is 1.58. The van der Waals surface area contributed by atoms with Crippen LogP contribution in [0.4, 0.5) is 10.1 Å². The molecule has 0 atom stereocenters. The number of nitrogens with one attached hydrogen (secondary N) is 1. The maximum atomic E-state index is 13.1. The number of anilines is 1. The molecular weight excluding hydrogens is 173 g/mol. The van der Waals surface area contributed by atoms with Gasteiger partial charge >= 0.3 is 5.97 Å². The monoisotopic (exact) mass is 183 g/mol. The van der Waals surface area contributed by atoms with Crippen molar-refractivity contribution in [1.29, 1.82) is 0 Å². The van der Waals surface area contributed by atoms with Crippen molar-refractivity contribution in [3.8, 4) is 0 Å². The lowest BCUT2D eigenvalue weighted by atomic mass is 10.2. The molecule has 0 heterocycles. The van der Waals surface area contributed by atoms with E-state index in [2.05, 4.69) is 5.32 Å². The summed E-state index contributed by atoms with van der Waals surface area (Å²) in [5.74, 6) is -1.66. The number of carbonyl (C=O) groups is 1. The Balaban J connectivity index is 2.98. The minimum absolute atomic E-state index is 0.0425. The molecule has 1 rings (SSSR count). The summed E-state index contributed by atoms with van der Waals surface area (Å²) in [7, 11) is 0. The van der Waals surface area contributed by atoms with Gasteiger partial charge in [-0.15, -0.1) is 0 Å². The van der Waals surface area contributed by atoms with E-state index >= 15 is 0 Å². The Labute approximate surface area is 75.2 Å². The van der Waals surface area contributed by atoms with Crippen LogP contribution < -0.4 is 5.32 Å². The van der Waals surface area contributed by atoms with Gasteiger partial charge in [-0.05, 0) is 25.1 Å². The number of benzene rings is 1. The van der Waals surface area contributed by atoms with E-state index < -0.39 is 11.8 Å². The predicted molar refractivity (Wildman–Crippen MR) is 47.5 cm³/mol. The Bertz CT molecular complexity index is 325. The van der Waals surface area contributed by atoms with Gasteiger partial charge in [0.05, 0.1) is 11.3 Å². The summed E-state index contributed by atoms with van der Waals surface area (Å²) in [5, 5.41) is 11.3. The zero-order valence-electron chi connectivity index (χ0n) is 7.17. The molecule has 3 nitrogen and oxygen atoms in total. The van der Waals surface area contributed by atoms with Gasteiger partial charge in [0, 0.05) is 6.54 Å². The van der Waals surface area contributed by atoms with Crippen LogP contribution in [0.3, 0.4) is 0 Å². The SMILES string of the molecule is CCNc1ccc(C(=O)O)cc1F. The second-order valence-corrected chi connectivity index (χ2v) is 2.53. The highest BCUT2D eigenvalue weighted by Crippen LogP contribution is 2.15. The van der Waals surface area contributed by atoms with Crippen LogP contribution in [0.15, 0.2) is 18.2 Å². The Morgan fingerprint density at radius 2 is 2.31 bits per heavy atom. The summed E-state index contributed by atoms with van der Waals surface area (Å²) in [5.41, 5.74) is 0.284. The van der Waals surface area contributed by atoms with Gasteiger partial charge in [-0.25, -0.2) is 9.18 Å². The average Bonchev–Trinajstić information content (AvgIpc) is 2.08. The molecule has 0 aliphatic heterocycles. The number of hydrogen-bond donors (Lipinski definition) is 2. The molecule has 1 aromatic carbocycles. The minimum Gasteiger partial charge on any atom is -0.478 e. The van der Waals surface area contributed by atoms with Gasteiger partial charge in [-0.1, -0.05) is 0 Å². The molecule has 0 aliphatic carbocycles. The summed E-state index contributed by atoms with van der Waals surface area (Å²) in [6.07, 6.45) is 0. The smallest absolute Gasteiger partial charge is 0.335 e. The minimum atomic E-state index is -1.12. The largest absolute Gasteiger partial charge is 0.478 e. The molecular formula is C9H10FNO2. The maximum Gasteiger partial charge on any atom is 0.335 e. The van der Waals surface area contributed by atoms with Crippen molar-refractivity contribution in [2.45, 2.75) is 6.92 Å². The standard InChI is InChI=1S/C9H10FNO2/c1-2-11-8-4-3-6(9(12)13)5-7(8)10/h3-5,11H,2H2,1H3,(H,12,13). The van der Waals surface area contributed by atoms with Gasteiger partial charge in [0.15, 0.2) is 0 Å². The number of halogens is 1. The number of aromatic carboxylic acids is 1. The zero-order valence-corrected chi connectivity index (χ0v) is 7.17. The fourth-order valence-electron chi connectivity index (χ4n) is 0.982.